The van der Waals surface area contributed by atoms with Crippen molar-refractivity contribution in [3.8, 4) is 5.75 Å². The summed E-state index contributed by atoms with van der Waals surface area (Å²) in [7, 11) is -2.11. The van der Waals surface area contributed by atoms with Crippen molar-refractivity contribution in [1.29, 1.82) is 0 Å². The molecule has 0 spiro atoms. The van der Waals surface area contributed by atoms with E-state index in [0.29, 0.717) is 42.6 Å². The summed E-state index contributed by atoms with van der Waals surface area (Å²) >= 11 is 5.47. The number of sulfone groups is 1. The predicted octanol–water partition coefficient (Wildman–Crippen LogP) is 3.40. The van der Waals surface area contributed by atoms with Gasteiger partial charge in [0.1, 0.15) is 5.75 Å². The standard InChI is InChI=1S/C22H32N4O3S2/c1-6-11-25(21(30)23-7-2)15-19-13-24-22(26(19)14-17(3)4)31(27,28)16-18-9-8-10-20(12-18)29-5/h6,8-10,12-13,17H,1,7,11,14-16H2,2-5H3,(H,23,30). The molecule has 1 aromatic carbocycles. The minimum Gasteiger partial charge on any atom is -0.497 e. The van der Waals surface area contributed by atoms with Crippen molar-refractivity contribution in [3.05, 3.63) is 54.4 Å². The second-order valence-electron chi connectivity index (χ2n) is 7.65. The summed E-state index contributed by atoms with van der Waals surface area (Å²) in [6.07, 6.45) is 3.40. The zero-order chi connectivity index (χ0) is 23.0. The van der Waals surface area contributed by atoms with E-state index in [4.69, 9.17) is 17.0 Å². The highest BCUT2D eigenvalue weighted by Gasteiger charge is 2.25. The minimum absolute atomic E-state index is 0.0759. The molecule has 0 bridgehead atoms. The van der Waals surface area contributed by atoms with Crippen LogP contribution in [0.2, 0.25) is 0 Å². The fourth-order valence-corrected chi connectivity index (χ4v) is 4.98. The van der Waals surface area contributed by atoms with Gasteiger partial charge >= 0.3 is 0 Å². The molecule has 0 saturated heterocycles. The summed E-state index contributed by atoms with van der Waals surface area (Å²) in [4.78, 5) is 6.27. The van der Waals surface area contributed by atoms with Gasteiger partial charge in [0, 0.05) is 19.6 Å². The van der Waals surface area contributed by atoms with Crippen molar-refractivity contribution >= 4 is 27.2 Å². The second kappa shape index (κ2) is 11.3. The Morgan fingerprint density at radius 2 is 2.16 bits per heavy atom. The van der Waals surface area contributed by atoms with Gasteiger partial charge in [0.15, 0.2) is 5.11 Å². The second-order valence-corrected chi connectivity index (χ2v) is 9.92. The average molecular weight is 465 g/mol. The summed E-state index contributed by atoms with van der Waals surface area (Å²) in [6.45, 7) is 12.1. The quantitative estimate of drug-likeness (QED) is 0.403. The van der Waals surface area contributed by atoms with Gasteiger partial charge < -0.3 is 19.5 Å². The van der Waals surface area contributed by atoms with Gasteiger partial charge in [0.25, 0.3) is 0 Å². The molecule has 1 N–H and O–H groups in total. The van der Waals surface area contributed by atoms with Crippen molar-refractivity contribution in [3.63, 3.8) is 0 Å². The van der Waals surface area contributed by atoms with Gasteiger partial charge in [-0.2, -0.15) is 0 Å². The molecule has 0 aliphatic heterocycles. The van der Waals surface area contributed by atoms with Gasteiger partial charge in [-0.05, 0) is 42.8 Å². The largest absolute Gasteiger partial charge is 0.497 e. The van der Waals surface area contributed by atoms with Crippen LogP contribution >= 0.6 is 12.2 Å². The Labute approximate surface area is 191 Å². The van der Waals surface area contributed by atoms with Gasteiger partial charge in [0.2, 0.25) is 15.0 Å². The maximum atomic E-state index is 13.3. The van der Waals surface area contributed by atoms with E-state index in [1.54, 1.807) is 48.2 Å². The molecule has 2 aromatic rings. The SMILES string of the molecule is C=CCN(Cc1cnc(S(=O)(=O)Cc2cccc(OC)c2)n1CC(C)C)C(=S)NCC. The summed E-state index contributed by atoms with van der Waals surface area (Å²) in [6, 6.07) is 7.08. The maximum Gasteiger partial charge on any atom is 0.228 e. The van der Waals surface area contributed by atoms with Gasteiger partial charge in [-0.1, -0.05) is 32.1 Å². The molecular weight excluding hydrogens is 432 g/mol. The van der Waals surface area contributed by atoms with Gasteiger partial charge in [-0.15, -0.1) is 6.58 Å². The number of benzene rings is 1. The zero-order valence-electron chi connectivity index (χ0n) is 18.7. The number of aromatic nitrogens is 2. The van der Waals surface area contributed by atoms with Crippen molar-refractivity contribution in [1.82, 2.24) is 19.8 Å². The topological polar surface area (TPSA) is 76.5 Å². The highest BCUT2D eigenvalue weighted by Crippen LogP contribution is 2.22. The molecule has 0 fully saturated rings. The lowest BCUT2D eigenvalue weighted by molar-refractivity contribution is 0.406. The third kappa shape index (κ3) is 6.80. The highest BCUT2D eigenvalue weighted by atomic mass is 32.2. The minimum atomic E-state index is -3.66. The number of rotatable bonds is 11. The number of methoxy groups -OCH3 is 1. The van der Waals surface area contributed by atoms with E-state index < -0.39 is 9.84 Å². The molecule has 0 unspecified atom stereocenters. The Kier molecular flexibility index (Phi) is 9.06. The number of hydrogen-bond donors (Lipinski definition) is 1. The fraction of sp³-hybridized carbons (Fsp3) is 0.455. The van der Waals surface area contributed by atoms with Gasteiger partial charge in [0.05, 0.1) is 31.3 Å². The molecule has 9 heteroatoms. The van der Waals surface area contributed by atoms with Gasteiger partial charge in [-0.25, -0.2) is 13.4 Å². The Morgan fingerprint density at radius 1 is 1.42 bits per heavy atom. The zero-order valence-corrected chi connectivity index (χ0v) is 20.3. The first-order valence-electron chi connectivity index (χ1n) is 10.3. The van der Waals surface area contributed by atoms with E-state index in [-0.39, 0.29) is 16.8 Å². The van der Waals surface area contributed by atoms with E-state index >= 15 is 0 Å². The number of nitrogens with zero attached hydrogens (tertiary/aromatic N) is 3. The predicted molar refractivity (Wildman–Crippen MR) is 128 cm³/mol. The van der Waals surface area contributed by atoms with E-state index in [0.717, 1.165) is 5.69 Å². The fourth-order valence-electron chi connectivity index (χ4n) is 3.21. The molecule has 2 rings (SSSR count). The number of nitrogens with one attached hydrogen (secondary N) is 1. The van der Waals surface area contributed by atoms with Crippen molar-refractivity contribution in [2.45, 2.75) is 44.8 Å². The first kappa shape index (κ1) is 24.9. The molecule has 0 aliphatic rings. The number of imidazole rings is 1. The van der Waals surface area contributed by atoms with Crippen molar-refractivity contribution in [2.24, 2.45) is 5.92 Å². The van der Waals surface area contributed by atoms with E-state index in [2.05, 4.69) is 16.9 Å². The molecule has 1 heterocycles. The lowest BCUT2D eigenvalue weighted by Crippen LogP contribution is -2.39. The molecule has 170 valence electrons. The molecule has 0 aliphatic carbocycles. The average Bonchev–Trinajstić information content (AvgIpc) is 3.10. The Balaban J connectivity index is 2.40. The van der Waals surface area contributed by atoms with Crippen LogP contribution < -0.4 is 10.1 Å². The molecular formula is C22H32N4O3S2. The molecule has 31 heavy (non-hydrogen) atoms. The van der Waals surface area contributed by atoms with E-state index in [1.165, 1.54) is 0 Å². The summed E-state index contributed by atoms with van der Waals surface area (Å²) in [5.41, 5.74) is 1.45. The number of thiocarbonyl (C=S) groups is 1. The normalized spacial score (nSPS) is 11.4. The van der Waals surface area contributed by atoms with Crippen LogP contribution in [-0.2, 0) is 28.7 Å². The lowest BCUT2D eigenvalue weighted by atomic mass is 10.2. The Morgan fingerprint density at radius 3 is 2.77 bits per heavy atom. The van der Waals surface area contributed by atoms with Crippen LogP contribution in [0.3, 0.4) is 0 Å². The molecule has 0 saturated carbocycles. The third-order valence-corrected chi connectivity index (χ3v) is 6.53. The first-order valence-corrected chi connectivity index (χ1v) is 12.3. The molecule has 0 amide bonds. The van der Waals surface area contributed by atoms with Crippen LogP contribution in [0.4, 0.5) is 0 Å². The molecule has 0 atom stereocenters. The summed E-state index contributed by atoms with van der Waals surface area (Å²) in [5.74, 6) is 0.716. The van der Waals surface area contributed by atoms with Crippen LogP contribution in [0.1, 0.15) is 32.0 Å². The monoisotopic (exact) mass is 464 g/mol. The van der Waals surface area contributed by atoms with Crippen LogP contribution in [0.5, 0.6) is 5.75 Å². The maximum absolute atomic E-state index is 13.3. The van der Waals surface area contributed by atoms with Gasteiger partial charge in [-0.3, -0.25) is 0 Å². The number of hydrogen-bond acceptors (Lipinski definition) is 5. The Bertz CT molecular complexity index is 1000. The molecule has 1 aromatic heterocycles. The van der Waals surface area contributed by atoms with Crippen molar-refractivity contribution in [2.75, 3.05) is 20.2 Å². The smallest absolute Gasteiger partial charge is 0.228 e. The lowest BCUT2D eigenvalue weighted by Gasteiger charge is -2.25. The van der Waals surface area contributed by atoms with Crippen LogP contribution in [0, 0.1) is 5.92 Å². The van der Waals surface area contributed by atoms with Crippen LogP contribution in [0.15, 0.2) is 48.3 Å². The van der Waals surface area contributed by atoms with Crippen LogP contribution in [0.25, 0.3) is 0 Å². The summed E-state index contributed by atoms with van der Waals surface area (Å²) < 4.78 is 33.6. The van der Waals surface area contributed by atoms with E-state index in [9.17, 15) is 8.42 Å². The first-order chi connectivity index (χ1) is 14.7. The third-order valence-electron chi connectivity index (χ3n) is 4.54. The molecule has 7 nitrogen and oxygen atoms in total. The Hall–Kier alpha value is -2.39. The highest BCUT2D eigenvalue weighted by molar-refractivity contribution is 7.90. The van der Waals surface area contributed by atoms with Crippen molar-refractivity contribution < 1.29 is 13.2 Å². The van der Waals surface area contributed by atoms with Crippen LogP contribution in [-0.4, -0.2) is 48.2 Å². The number of ether oxygens (including phenoxy) is 1. The summed E-state index contributed by atoms with van der Waals surface area (Å²) in [5, 5.41) is 3.81. The molecule has 0 radical (unpaired) electrons. The van der Waals surface area contributed by atoms with E-state index in [1.807, 2.05) is 25.7 Å².